The largest absolute Gasteiger partial charge is 0.123 e. The van der Waals surface area contributed by atoms with Crippen molar-refractivity contribution in [1.29, 1.82) is 0 Å². The van der Waals surface area contributed by atoms with Crippen molar-refractivity contribution in [2.75, 3.05) is 0 Å². The minimum Gasteiger partial charge on any atom is -0.123 e. The molecule has 1 aliphatic carbocycles. The van der Waals surface area contributed by atoms with E-state index >= 15 is 0 Å². The van der Waals surface area contributed by atoms with Crippen molar-refractivity contribution in [3.8, 4) is 0 Å². The molecule has 0 bridgehead atoms. The highest BCUT2D eigenvalue weighted by Crippen LogP contribution is 2.32. The zero-order valence-corrected chi connectivity index (χ0v) is 8.40. The van der Waals surface area contributed by atoms with Gasteiger partial charge in [0.2, 0.25) is 0 Å². The molecule has 11 heavy (non-hydrogen) atoms. The van der Waals surface area contributed by atoms with Gasteiger partial charge in [-0.1, -0.05) is 26.7 Å². The Balaban J connectivity index is 2.29. The van der Waals surface area contributed by atoms with Gasteiger partial charge in [0.25, 0.3) is 0 Å². The highest BCUT2D eigenvalue weighted by atomic mass is 35.5. The van der Waals surface area contributed by atoms with E-state index in [0.29, 0.717) is 5.38 Å². The van der Waals surface area contributed by atoms with Crippen molar-refractivity contribution in [2.24, 2.45) is 11.8 Å². The van der Waals surface area contributed by atoms with Crippen LogP contribution in [-0.2, 0) is 0 Å². The van der Waals surface area contributed by atoms with Crippen molar-refractivity contribution in [1.82, 2.24) is 0 Å². The molecule has 2 unspecified atom stereocenters. The summed E-state index contributed by atoms with van der Waals surface area (Å²) in [4.78, 5) is 0. The zero-order chi connectivity index (χ0) is 8.27. The van der Waals surface area contributed by atoms with Crippen LogP contribution in [0.4, 0.5) is 0 Å². The first-order chi connectivity index (χ1) is 5.20. The van der Waals surface area contributed by atoms with Gasteiger partial charge in [-0.15, -0.1) is 11.6 Å². The maximum absolute atomic E-state index is 6.23. The molecule has 0 aromatic carbocycles. The number of hydrogen-bond donors (Lipinski definition) is 0. The minimum absolute atomic E-state index is 0.478. The topological polar surface area (TPSA) is 0 Å². The molecule has 0 aromatic rings. The maximum Gasteiger partial charge on any atom is 0.0364 e. The number of alkyl halides is 1. The molecular formula is C10H19Cl. The Morgan fingerprint density at radius 2 is 1.91 bits per heavy atom. The molecule has 0 heterocycles. The Hall–Kier alpha value is 0.290. The maximum atomic E-state index is 6.23. The average molecular weight is 175 g/mol. The predicted molar refractivity (Wildman–Crippen MR) is 51.1 cm³/mol. The summed E-state index contributed by atoms with van der Waals surface area (Å²) in [5, 5.41) is 0.478. The van der Waals surface area contributed by atoms with Crippen LogP contribution in [-0.4, -0.2) is 5.38 Å². The van der Waals surface area contributed by atoms with Crippen molar-refractivity contribution in [2.45, 2.75) is 51.3 Å². The third-order valence-electron chi connectivity index (χ3n) is 2.59. The number of halogens is 1. The molecule has 0 spiro atoms. The fourth-order valence-electron chi connectivity index (χ4n) is 2.03. The summed E-state index contributed by atoms with van der Waals surface area (Å²) in [5.74, 6) is 1.63. The van der Waals surface area contributed by atoms with Gasteiger partial charge in [-0.25, -0.2) is 0 Å². The predicted octanol–water partition coefficient (Wildman–Crippen LogP) is 3.83. The second-order valence-corrected chi connectivity index (χ2v) is 4.75. The SMILES string of the molecule is CC(C)CC1CCCCC1Cl. The van der Waals surface area contributed by atoms with Crippen LogP contribution in [0.3, 0.4) is 0 Å². The van der Waals surface area contributed by atoms with Crippen molar-refractivity contribution < 1.29 is 0 Å². The Morgan fingerprint density at radius 1 is 1.27 bits per heavy atom. The molecule has 0 amide bonds. The first-order valence-electron chi connectivity index (χ1n) is 4.84. The normalized spacial score (nSPS) is 32.7. The van der Waals surface area contributed by atoms with Crippen LogP contribution in [0.5, 0.6) is 0 Å². The third-order valence-corrected chi connectivity index (χ3v) is 3.17. The quantitative estimate of drug-likeness (QED) is 0.559. The monoisotopic (exact) mass is 174 g/mol. The molecule has 66 valence electrons. The highest BCUT2D eigenvalue weighted by Gasteiger charge is 2.23. The van der Waals surface area contributed by atoms with Crippen LogP contribution in [0.15, 0.2) is 0 Å². The molecule has 0 radical (unpaired) electrons. The highest BCUT2D eigenvalue weighted by molar-refractivity contribution is 6.20. The van der Waals surface area contributed by atoms with Crippen LogP contribution in [0, 0.1) is 11.8 Å². The lowest BCUT2D eigenvalue weighted by atomic mass is 9.83. The lowest BCUT2D eigenvalue weighted by Crippen LogP contribution is -2.21. The van der Waals surface area contributed by atoms with Gasteiger partial charge >= 0.3 is 0 Å². The molecular weight excluding hydrogens is 156 g/mol. The van der Waals surface area contributed by atoms with Gasteiger partial charge in [-0.05, 0) is 31.1 Å². The molecule has 1 fully saturated rings. The van der Waals surface area contributed by atoms with Crippen LogP contribution < -0.4 is 0 Å². The zero-order valence-electron chi connectivity index (χ0n) is 7.65. The summed E-state index contributed by atoms with van der Waals surface area (Å²) < 4.78 is 0. The first-order valence-corrected chi connectivity index (χ1v) is 5.28. The van der Waals surface area contributed by atoms with E-state index in [0.717, 1.165) is 11.8 Å². The number of rotatable bonds is 2. The summed E-state index contributed by atoms with van der Waals surface area (Å²) in [6, 6.07) is 0. The number of hydrogen-bond acceptors (Lipinski definition) is 0. The smallest absolute Gasteiger partial charge is 0.0364 e. The van der Waals surface area contributed by atoms with Gasteiger partial charge in [0.15, 0.2) is 0 Å². The van der Waals surface area contributed by atoms with Gasteiger partial charge in [0.05, 0.1) is 0 Å². The fraction of sp³-hybridized carbons (Fsp3) is 1.00. The molecule has 0 aliphatic heterocycles. The van der Waals surface area contributed by atoms with E-state index in [9.17, 15) is 0 Å². The summed E-state index contributed by atoms with van der Waals surface area (Å²) in [6.07, 6.45) is 6.70. The summed E-state index contributed by atoms with van der Waals surface area (Å²) in [6.45, 7) is 4.58. The van der Waals surface area contributed by atoms with E-state index in [2.05, 4.69) is 13.8 Å². The Labute approximate surface area is 75.3 Å². The minimum atomic E-state index is 0.478. The molecule has 1 saturated carbocycles. The van der Waals surface area contributed by atoms with Crippen LogP contribution in [0.1, 0.15) is 46.0 Å². The van der Waals surface area contributed by atoms with Crippen LogP contribution >= 0.6 is 11.6 Å². The second kappa shape index (κ2) is 4.35. The van der Waals surface area contributed by atoms with E-state index < -0.39 is 0 Å². The molecule has 0 aromatic heterocycles. The van der Waals surface area contributed by atoms with E-state index in [1.54, 1.807) is 0 Å². The lowest BCUT2D eigenvalue weighted by Gasteiger charge is -2.28. The third kappa shape index (κ3) is 3.02. The van der Waals surface area contributed by atoms with Gasteiger partial charge in [-0.2, -0.15) is 0 Å². The average Bonchev–Trinajstić information content (AvgIpc) is 1.93. The van der Waals surface area contributed by atoms with Crippen LogP contribution in [0.2, 0.25) is 0 Å². The summed E-state index contributed by atoms with van der Waals surface area (Å²) >= 11 is 6.23. The molecule has 0 N–H and O–H groups in total. The molecule has 0 nitrogen and oxygen atoms in total. The van der Waals surface area contributed by atoms with E-state index in [4.69, 9.17) is 11.6 Å². The Kier molecular flexibility index (Phi) is 3.71. The molecule has 1 heteroatoms. The van der Waals surface area contributed by atoms with Gasteiger partial charge in [0, 0.05) is 5.38 Å². The molecule has 2 atom stereocenters. The Morgan fingerprint density at radius 3 is 2.45 bits per heavy atom. The van der Waals surface area contributed by atoms with Crippen molar-refractivity contribution >= 4 is 11.6 Å². The molecule has 1 rings (SSSR count). The lowest BCUT2D eigenvalue weighted by molar-refractivity contribution is 0.311. The molecule has 0 saturated heterocycles. The van der Waals surface area contributed by atoms with Gasteiger partial charge in [0.1, 0.15) is 0 Å². The van der Waals surface area contributed by atoms with Crippen LogP contribution in [0.25, 0.3) is 0 Å². The van der Waals surface area contributed by atoms with Gasteiger partial charge < -0.3 is 0 Å². The first kappa shape index (κ1) is 9.38. The standard InChI is InChI=1S/C10H19Cl/c1-8(2)7-9-5-3-4-6-10(9)11/h8-10H,3-7H2,1-2H3. The summed E-state index contributed by atoms with van der Waals surface area (Å²) in [7, 11) is 0. The van der Waals surface area contributed by atoms with E-state index in [1.165, 1.54) is 32.1 Å². The Bertz CT molecular complexity index is 109. The second-order valence-electron chi connectivity index (χ2n) is 4.19. The van der Waals surface area contributed by atoms with Crippen molar-refractivity contribution in [3.05, 3.63) is 0 Å². The van der Waals surface area contributed by atoms with Crippen molar-refractivity contribution in [3.63, 3.8) is 0 Å². The molecule has 1 aliphatic rings. The fourth-order valence-corrected chi connectivity index (χ4v) is 2.42. The van der Waals surface area contributed by atoms with E-state index in [-0.39, 0.29) is 0 Å². The van der Waals surface area contributed by atoms with Gasteiger partial charge in [-0.3, -0.25) is 0 Å². The summed E-state index contributed by atoms with van der Waals surface area (Å²) in [5.41, 5.74) is 0. The van der Waals surface area contributed by atoms with E-state index in [1.807, 2.05) is 0 Å².